The van der Waals surface area contributed by atoms with Gasteiger partial charge < -0.3 is 20.1 Å². The number of thioether (sulfide) groups is 1. The molecule has 0 amide bonds. The summed E-state index contributed by atoms with van der Waals surface area (Å²) in [6.07, 6.45) is 2.11. The lowest BCUT2D eigenvalue weighted by Crippen LogP contribution is -2.40. The highest BCUT2D eigenvalue weighted by molar-refractivity contribution is 14.0. The van der Waals surface area contributed by atoms with E-state index in [0.29, 0.717) is 11.8 Å². The number of nitrogens with one attached hydrogen (secondary N) is 2. The van der Waals surface area contributed by atoms with E-state index < -0.39 is 0 Å². The molecule has 0 bridgehead atoms. The molecule has 2 N–H and O–H groups in total. The van der Waals surface area contributed by atoms with Crippen LogP contribution in [0.4, 0.5) is 0 Å². The van der Waals surface area contributed by atoms with E-state index in [9.17, 15) is 0 Å². The number of hydrogen-bond donors (Lipinski definition) is 2. The van der Waals surface area contributed by atoms with Gasteiger partial charge in [-0.05, 0) is 30.9 Å². The largest absolute Gasteiger partial charge is 0.493 e. The third kappa shape index (κ3) is 8.01. The molecule has 0 spiro atoms. The molecule has 0 fully saturated rings. The minimum absolute atomic E-state index is 0. The van der Waals surface area contributed by atoms with Crippen LogP contribution >= 0.6 is 35.7 Å². The van der Waals surface area contributed by atoms with Gasteiger partial charge in [-0.3, -0.25) is 0 Å². The van der Waals surface area contributed by atoms with Crippen molar-refractivity contribution in [3.8, 4) is 11.5 Å². The van der Waals surface area contributed by atoms with Crippen LogP contribution in [-0.2, 0) is 6.54 Å². The molecule has 0 saturated heterocycles. The van der Waals surface area contributed by atoms with E-state index in [1.54, 1.807) is 14.2 Å². The molecular formula is C16H28IN3O2S. The van der Waals surface area contributed by atoms with Crippen molar-refractivity contribution in [2.45, 2.75) is 25.6 Å². The van der Waals surface area contributed by atoms with Gasteiger partial charge in [0.2, 0.25) is 0 Å². The van der Waals surface area contributed by atoms with Gasteiger partial charge in [-0.2, -0.15) is 11.8 Å². The molecule has 132 valence electrons. The van der Waals surface area contributed by atoms with Crippen molar-refractivity contribution in [2.24, 2.45) is 4.99 Å². The molecule has 0 radical (unpaired) electrons. The average Bonchev–Trinajstić information content (AvgIpc) is 2.56. The summed E-state index contributed by atoms with van der Waals surface area (Å²) in [7, 11) is 3.27. The maximum Gasteiger partial charge on any atom is 0.191 e. The highest BCUT2D eigenvalue weighted by Crippen LogP contribution is 2.27. The average molecular weight is 453 g/mol. The Bertz CT molecular complexity index is 486. The first-order valence-corrected chi connectivity index (χ1v) is 8.69. The molecule has 0 aliphatic carbocycles. The molecule has 5 nitrogen and oxygen atoms in total. The van der Waals surface area contributed by atoms with E-state index in [4.69, 9.17) is 9.47 Å². The lowest BCUT2D eigenvalue weighted by atomic mass is 10.2. The van der Waals surface area contributed by atoms with Crippen LogP contribution in [-0.4, -0.2) is 44.8 Å². The minimum atomic E-state index is 0. The third-order valence-electron chi connectivity index (χ3n) is 3.17. The van der Waals surface area contributed by atoms with Gasteiger partial charge in [0.05, 0.1) is 20.8 Å². The zero-order valence-corrected chi connectivity index (χ0v) is 17.7. The van der Waals surface area contributed by atoms with Crippen molar-refractivity contribution in [3.05, 3.63) is 23.8 Å². The second-order valence-electron chi connectivity index (χ2n) is 4.81. The molecular weight excluding hydrogens is 425 g/mol. The second kappa shape index (κ2) is 12.6. The quantitative estimate of drug-likeness (QED) is 0.360. The summed E-state index contributed by atoms with van der Waals surface area (Å²) in [4.78, 5) is 4.61. The van der Waals surface area contributed by atoms with Crippen molar-refractivity contribution in [2.75, 3.05) is 33.6 Å². The number of halogens is 1. The lowest BCUT2D eigenvalue weighted by molar-refractivity contribution is 0.354. The number of hydrogen-bond acceptors (Lipinski definition) is 4. The van der Waals surface area contributed by atoms with Crippen LogP contribution in [0.25, 0.3) is 0 Å². The summed E-state index contributed by atoms with van der Waals surface area (Å²) < 4.78 is 10.6. The standard InChI is InChI=1S/C16H27N3O2S.HI/c1-6-17-16(18-10-12(2)22-5)19-11-13-7-8-14(20-3)15(9-13)21-4;/h7-9,12H,6,10-11H2,1-5H3,(H2,17,18,19);1H. The molecule has 23 heavy (non-hydrogen) atoms. The molecule has 1 aromatic carbocycles. The van der Waals surface area contributed by atoms with Gasteiger partial charge in [-0.15, -0.1) is 24.0 Å². The van der Waals surface area contributed by atoms with Gasteiger partial charge in [0, 0.05) is 18.3 Å². The molecule has 0 aliphatic rings. The van der Waals surface area contributed by atoms with Gasteiger partial charge in [0.1, 0.15) is 0 Å². The third-order valence-corrected chi connectivity index (χ3v) is 4.14. The first-order chi connectivity index (χ1) is 10.6. The van der Waals surface area contributed by atoms with Gasteiger partial charge in [0.25, 0.3) is 0 Å². The van der Waals surface area contributed by atoms with Crippen LogP contribution in [0.5, 0.6) is 11.5 Å². The summed E-state index contributed by atoms with van der Waals surface area (Å²) in [6, 6.07) is 5.86. The van der Waals surface area contributed by atoms with Crippen molar-refractivity contribution in [1.82, 2.24) is 10.6 Å². The number of rotatable bonds is 8. The zero-order valence-electron chi connectivity index (χ0n) is 14.5. The summed E-state index contributed by atoms with van der Waals surface area (Å²) in [6.45, 7) is 6.56. The Labute approximate surface area is 161 Å². The number of nitrogens with zero attached hydrogens (tertiary/aromatic N) is 1. The number of ether oxygens (including phenoxy) is 2. The fourth-order valence-corrected chi connectivity index (χ4v) is 2.06. The van der Waals surface area contributed by atoms with Crippen LogP contribution in [0, 0.1) is 0 Å². The maximum absolute atomic E-state index is 5.32. The highest BCUT2D eigenvalue weighted by atomic mass is 127. The summed E-state index contributed by atoms with van der Waals surface area (Å²) in [5.74, 6) is 2.29. The Hall–Kier alpha value is -0.830. The summed E-state index contributed by atoms with van der Waals surface area (Å²) in [5, 5.41) is 7.16. The van der Waals surface area contributed by atoms with Crippen molar-refractivity contribution < 1.29 is 9.47 Å². The normalized spacial score (nSPS) is 12.1. The van der Waals surface area contributed by atoms with Gasteiger partial charge in [-0.25, -0.2) is 4.99 Å². The fraction of sp³-hybridized carbons (Fsp3) is 0.562. The number of methoxy groups -OCH3 is 2. The predicted octanol–water partition coefficient (Wildman–Crippen LogP) is 3.13. The minimum Gasteiger partial charge on any atom is -0.493 e. The number of benzene rings is 1. The molecule has 1 unspecified atom stereocenters. The summed E-state index contributed by atoms with van der Waals surface area (Å²) in [5.41, 5.74) is 1.08. The smallest absolute Gasteiger partial charge is 0.191 e. The first-order valence-electron chi connectivity index (χ1n) is 7.40. The van der Waals surface area contributed by atoms with E-state index in [1.807, 2.05) is 30.0 Å². The van der Waals surface area contributed by atoms with Crippen LogP contribution in [0.15, 0.2) is 23.2 Å². The Morgan fingerprint density at radius 3 is 2.48 bits per heavy atom. The Morgan fingerprint density at radius 2 is 1.91 bits per heavy atom. The number of aliphatic imine (C=N–C) groups is 1. The highest BCUT2D eigenvalue weighted by Gasteiger charge is 2.05. The van der Waals surface area contributed by atoms with Crippen LogP contribution in [0.3, 0.4) is 0 Å². The zero-order chi connectivity index (χ0) is 16.4. The molecule has 1 rings (SSSR count). The van der Waals surface area contributed by atoms with Crippen molar-refractivity contribution >= 4 is 41.7 Å². The molecule has 7 heteroatoms. The molecule has 0 aromatic heterocycles. The first kappa shape index (κ1) is 22.2. The van der Waals surface area contributed by atoms with Crippen LogP contribution in [0.2, 0.25) is 0 Å². The maximum atomic E-state index is 5.32. The van der Waals surface area contributed by atoms with Crippen LogP contribution < -0.4 is 20.1 Å². The van der Waals surface area contributed by atoms with Gasteiger partial charge in [0.15, 0.2) is 17.5 Å². The van der Waals surface area contributed by atoms with Gasteiger partial charge >= 0.3 is 0 Å². The lowest BCUT2D eigenvalue weighted by Gasteiger charge is -2.14. The Balaban J connectivity index is 0.00000484. The Kier molecular flexibility index (Phi) is 12.1. The number of guanidine groups is 1. The van der Waals surface area contributed by atoms with E-state index in [-0.39, 0.29) is 24.0 Å². The second-order valence-corrected chi connectivity index (χ2v) is 6.09. The predicted molar refractivity (Wildman–Crippen MR) is 111 cm³/mol. The molecule has 1 atom stereocenters. The monoisotopic (exact) mass is 453 g/mol. The topological polar surface area (TPSA) is 54.9 Å². The molecule has 0 heterocycles. The SMILES string of the molecule is CCNC(=NCc1ccc(OC)c(OC)c1)NCC(C)SC.I. The van der Waals surface area contributed by atoms with Crippen molar-refractivity contribution in [1.29, 1.82) is 0 Å². The van der Waals surface area contributed by atoms with Crippen LogP contribution in [0.1, 0.15) is 19.4 Å². The van der Waals surface area contributed by atoms with Gasteiger partial charge in [-0.1, -0.05) is 13.0 Å². The van der Waals surface area contributed by atoms with E-state index in [2.05, 4.69) is 35.7 Å². The Morgan fingerprint density at radius 1 is 1.22 bits per heavy atom. The van der Waals surface area contributed by atoms with E-state index >= 15 is 0 Å². The summed E-state index contributed by atoms with van der Waals surface area (Å²) >= 11 is 1.83. The molecule has 0 saturated carbocycles. The van der Waals surface area contributed by atoms with E-state index in [1.165, 1.54) is 0 Å². The molecule has 1 aromatic rings. The van der Waals surface area contributed by atoms with Crippen molar-refractivity contribution in [3.63, 3.8) is 0 Å². The molecule has 0 aliphatic heterocycles. The van der Waals surface area contributed by atoms with E-state index in [0.717, 1.165) is 36.1 Å². The fourth-order valence-electron chi connectivity index (χ4n) is 1.81.